The third kappa shape index (κ3) is 4.48. The zero-order chi connectivity index (χ0) is 12.7. The molecule has 4 heteroatoms. The summed E-state index contributed by atoms with van der Waals surface area (Å²) < 4.78 is 10.5. The van der Waals surface area contributed by atoms with Gasteiger partial charge in [-0.05, 0) is 35.9 Å². The Morgan fingerprint density at radius 1 is 1.24 bits per heavy atom. The highest BCUT2D eigenvalue weighted by Gasteiger charge is 2.05. The fourth-order valence-electron chi connectivity index (χ4n) is 1.42. The summed E-state index contributed by atoms with van der Waals surface area (Å²) in [6.45, 7) is 2.92. The number of thioether (sulfide) groups is 1. The third-order valence-electron chi connectivity index (χ3n) is 2.52. The minimum Gasteiger partial charge on any atom is -0.493 e. The van der Waals surface area contributed by atoms with E-state index in [2.05, 4.69) is 13.0 Å². The number of nitrogens with two attached hydrogens (primary N) is 1. The molecule has 1 rings (SSSR count). The van der Waals surface area contributed by atoms with E-state index in [0.717, 1.165) is 29.5 Å². The lowest BCUT2D eigenvalue weighted by Crippen LogP contribution is -2.12. The maximum absolute atomic E-state index is 5.59. The highest BCUT2D eigenvalue weighted by atomic mass is 32.2. The SMILES string of the molecule is COc1ccc(CSCC(C)CN)cc1OC. The zero-order valence-corrected chi connectivity index (χ0v) is 11.5. The lowest BCUT2D eigenvalue weighted by molar-refractivity contribution is 0.354. The summed E-state index contributed by atoms with van der Waals surface area (Å²) in [5.41, 5.74) is 6.83. The number of hydrogen-bond donors (Lipinski definition) is 1. The van der Waals surface area contributed by atoms with Gasteiger partial charge in [-0.25, -0.2) is 0 Å². The zero-order valence-electron chi connectivity index (χ0n) is 10.7. The van der Waals surface area contributed by atoms with E-state index >= 15 is 0 Å². The average Bonchev–Trinajstić information content (AvgIpc) is 2.38. The molecule has 1 aromatic rings. The van der Waals surface area contributed by atoms with E-state index in [1.165, 1.54) is 5.56 Å². The van der Waals surface area contributed by atoms with Crippen molar-refractivity contribution in [3.63, 3.8) is 0 Å². The second-order valence-electron chi connectivity index (χ2n) is 4.05. The molecule has 0 amide bonds. The van der Waals surface area contributed by atoms with Crippen molar-refractivity contribution in [2.24, 2.45) is 11.7 Å². The van der Waals surface area contributed by atoms with Crippen molar-refractivity contribution in [3.05, 3.63) is 23.8 Å². The van der Waals surface area contributed by atoms with E-state index in [1.54, 1.807) is 14.2 Å². The van der Waals surface area contributed by atoms with Crippen LogP contribution in [0.15, 0.2) is 18.2 Å². The molecule has 0 bridgehead atoms. The first-order valence-electron chi connectivity index (χ1n) is 5.70. The molecule has 0 spiro atoms. The normalized spacial score (nSPS) is 12.2. The van der Waals surface area contributed by atoms with Gasteiger partial charge in [0.2, 0.25) is 0 Å². The second-order valence-corrected chi connectivity index (χ2v) is 5.08. The van der Waals surface area contributed by atoms with E-state index < -0.39 is 0 Å². The molecule has 0 heterocycles. The fraction of sp³-hybridized carbons (Fsp3) is 0.538. The summed E-state index contributed by atoms with van der Waals surface area (Å²) in [5, 5.41) is 0. The molecule has 1 aromatic carbocycles. The Morgan fingerprint density at radius 3 is 2.53 bits per heavy atom. The van der Waals surface area contributed by atoms with Gasteiger partial charge in [0.25, 0.3) is 0 Å². The first-order valence-corrected chi connectivity index (χ1v) is 6.85. The van der Waals surface area contributed by atoms with Crippen LogP contribution >= 0.6 is 11.8 Å². The number of methoxy groups -OCH3 is 2. The van der Waals surface area contributed by atoms with Crippen molar-refractivity contribution < 1.29 is 9.47 Å². The van der Waals surface area contributed by atoms with Crippen LogP contribution in [0, 0.1) is 5.92 Å². The molecule has 2 N–H and O–H groups in total. The molecule has 0 saturated carbocycles. The molecule has 96 valence electrons. The first-order chi connectivity index (χ1) is 8.21. The molecule has 1 unspecified atom stereocenters. The van der Waals surface area contributed by atoms with Crippen LogP contribution in [0.4, 0.5) is 0 Å². The van der Waals surface area contributed by atoms with Crippen LogP contribution < -0.4 is 15.2 Å². The van der Waals surface area contributed by atoms with Gasteiger partial charge >= 0.3 is 0 Å². The average molecular weight is 255 g/mol. The smallest absolute Gasteiger partial charge is 0.161 e. The van der Waals surface area contributed by atoms with E-state index in [-0.39, 0.29) is 0 Å². The molecule has 0 aromatic heterocycles. The van der Waals surface area contributed by atoms with Crippen LogP contribution in [0.2, 0.25) is 0 Å². The molecule has 0 aliphatic rings. The highest BCUT2D eigenvalue weighted by molar-refractivity contribution is 7.98. The third-order valence-corrected chi connectivity index (χ3v) is 3.86. The van der Waals surface area contributed by atoms with E-state index in [4.69, 9.17) is 15.2 Å². The molecule has 0 fully saturated rings. The van der Waals surface area contributed by atoms with Crippen LogP contribution in [0.5, 0.6) is 11.5 Å². The number of ether oxygens (including phenoxy) is 2. The topological polar surface area (TPSA) is 44.5 Å². The largest absolute Gasteiger partial charge is 0.493 e. The van der Waals surface area contributed by atoms with Crippen LogP contribution in [-0.4, -0.2) is 26.5 Å². The van der Waals surface area contributed by atoms with Gasteiger partial charge in [-0.2, -0.15) is 11.8 Å². The molecular formula is C13H21NO2S. The molecule has 3 nitrogen and oxygen atoms in total. The summed E-state index contributed by atoms with van der Waals surface area (Å²) in [7, 11) is 3.31. The Bertz CT molecular complexity index is 344. The van der Waals surface area contributed by atoms with E-state index in [0.29, 0.717) is 5.92 Å². The highest BCUT2D eigenvalue weighted by Crippen LogP contribution is 2.29. The Hall–Kier alpha value is -0.870. The van der Waals surface area contributed by atoms with Gasteiger partial charge in [-0.15, -0.1) is 0 Å². The summed E-state index contributed by atoms with van der Waals surface area (Å²) in [6.07, 6.45) is 0. The van der Waals surface area contributed by atoms with Crippen LogP contribution in [0.1, 0.15) is 12.5 Å². The minimum atomic E-state index is 0.570. The van der Waals surface area contributed by atoms with Gasteiger partial charge in [0, 0.05) is 5.75 Å². The molecule has 0 aliphatic heterocycles. The molecule has 0 aliphatic carbocycles. The monoisotopic (exact) mass is 255 g/mol. The number of hydrogen-bond acceptors (Lipinski definition) is 4. The lowest BCUT2D eigenvalue weighted by atomic mass is 10.2. The summed E-state index contributed by atoms with van der Waals surface area (Å²) in [6, 6.07) is 6.04. The minimum absolute atomic E-state index is 0.570. The second kappa shape index (κ2) is 7.45. The number of benzene rings is 1. The van der Waals surface area contributed by atoms with Crippen molar-refractivity contribution in [2.45, 2.75) is 12.7 Å². The molecule has 0 saturated heterocycles. The van der Waals surface area contributed by atoms with Crippen molar-refractivity contribution >= 4 is 11.8 Å². The number of rotatable bonds is 7. The van der Waals surface area contributed by atoms with E-state index in [9.17, 15) is 0 Å². The Labute approximate surface area is 108 Å². The van der Waals surface area contributed by atoms with Gasteiger partial charge in [0.15, 0.2) is 11.5 Å². The van der Waals surface area contributed by atoms with Crippen LogP contribution in [0.3, 0.4) is 0 Å². The predicted octanol–water partition coefficient (Wildman–Crippen LogP) is 2.53. The van der Waals surface area contributed by atoms with Crippen molar-refractivity contribution in [2.75, 3.05) is 26.5 Å². The quantitative estimate of drug-likeness (QED) is 0.813. The lowest BCUT2D eigenvalue weighted by Gasteiger charge is -2.10. The van der Waals surface area contributed by atoms with Crippen molar-refractivity contribution in [3.8, 4) is 11.5 Å². The molecule has 1 atom stereocenters. The molecule has 0 radical (unpaired) electrons. The van der Waals surface area contributed by atoms with Crippen molar-refractivity contribution in [1.29, 1.82) is 0 Å². The van der Waals surface area contributed by atoms with Gasteiger partial charge < -0.3 is 15.2 Å². The van der Waals surface area contributed by atoms with Crippen LogP contribution in [-0.2, 0) is 5.75 Å². The van der Waals surface area contributed by atoms with Gasteiger partial charge in [0.05, 0.1) is 14.2 Å². The molecular weight excluding hydrogens is 234 g/mol. The Balaban J connectivity index is 2.54. The maximum Gasteiger partial charge on any atom is 0.161 e. The van der Waals surface area contributed by atoms with Crippen molar-refractivity contribution in [1.82, 2.24) is 0 Å². The Kier molecular flexibility index (Phi) is 6.22. The summed E-state index contributed by atoms with van der Waals surface area (Å²) in [4.78, 5) is 0. The Morgan fingerprint density at radius 2 is 1.94 bits per heavy atom. The summed E-state index contributed by atoms with van der Waals surface area (Å²) in [5.74, 6) is 4.20. The van der Waals surface area contributed by atoms with Crippen LogP contribution in [0.25, 0.3) is 0 Å². The van der Waals surface area contributed by atoms with Gasteiger partial charge in [0.1, 0.15) is 0 Å². The maximum atomic E-state index is 5.59. The summed E-state index contributed by atoms with van der Waals surface area (Å²) >= 11 is 1.90. The standard InChI is InChI=1S/C13H21NO2S/c1-10(7-14)8-17-9-11-4-5-12(15-2)13(6-11)16-3/h4-6,10H,7-9,14H2,1-3H3. The van der Waals surface area contributed by atoms with E-state index in [1.807, 2.05) is 23.9 Å². The van der Waals surface area contributed by atoms with Gasteiger partial charge in [-0.3, -0.25) is 0 Å². The van der Waals surface area contributed by atoms with Gasteiger partial charge in [-0.1, -0.05) is 13.0 Å². The first kappa shape index (κ1) is 14.2. The predicted molar refractivity (Wildman–Crippen MR) is 73.9 cm³/mol. The molecule has 17 heavy (non-hydrogen) atoms. The fourth-order valence-corrected chi connectivity index (χ4v) is 2.49.